The van der Waals surface area contributed by atoms with Gasteiger partial charge in [0.15, 0.2) is 0 Å². The zero-order valence-electron chi connectivity index (χ0n) is 8.68. The van der Waals surface area contributed by atoms with Crippen LogP contribution in [0, 0.1) is 0 Å². The van der Waals surface area contributed by atoms with E-state index < -0.39 is 8.10 Å². The molecule has 0 aliphatic rings. The van der Waals surface area contributed by atoms with E-state index >= 15 is 0 Å². The number of para-hydroxylation sites is 2. The van der Waals surface area contributed by atoms with Crippen LogP contribution in [0.2, 0.25) is 0 Å². The van der Waals surface area contributed by atoms with Crippen molar-refractivity contribution in [3.05, 3.63) is 60.7 Å². The first kappa shape index (κ1) is 10.8. The van der Waals surface area contributed by atoms with Gasteiger partial charge in [0.1, 0.15) is 0 Å². The Balaban J connectivity index is 1.95. The van der Waals surface area contributed by atoms with Gasteiger partial charge in [0, 0.05) is 11.4 Å². The number of anilines is 2. The summed E-state index contributed by atoms with van der Waals surface area (Å²) in [6, 6.07) is 19.0. The van der Waals surface area contributed by atoms with Crippen LogP contribution in [0.5, 0.6) is 0 Å². The predicted octanol–water partition coefficient (Wildman–Crippen LogP) is 3.60. The second-order valence-corrected chi connectivity index (χ2v) is 4.47. The van der Waals surface area contributed by atoms with Crippen molar-refractivity contribution in [3.63, 3.8) is 0 Å². The third-order valence-corrected chi connectivity index (χ3v) is 3.09. The number of hydrogen-bond donors (Lipinski definition) is 2. The first-order valence-corrected chi connectivity index (χ1v) is 6.43. The van der Waals surface area contributed by atoms with Crippen molar-refractivity contribution < 1.29 is 4.57 Å². The maximum absolute atomic E-state index is 11.7. The topological polar surface area (TPSA) is 41.1 Å². The Morgan fingerprint density at radius 3 is 1.44 bits per heavy atom. The van der Waals surface area contributed by atoms with Crippen LogP contribution < -0.4 is 10.2 Å². The van der Waals surface area contributed by atoms with Crippen LogP contribution in [0.25, 0.3) is 0 Å². The summed E-state index contributed by atoms with van der Waals surface area (Å²) in [5.41, 5.74) is 1.71. The van der Waals surface area contributed by atoms with E-state index in [0.29, 0.717) is 0 Å². The molecule has 0 bridgehead atoms. The molecule has 0 aliphatic heterocycles. The van der Waals surface area contributed by atoms with Crippen molar-refractivity contribution in [3.8, 4) is 0 Å². The van der Waals surface area contributed by atoms with Crippen LogP contribution in [0.4, 0.5) is 11.4 Å². The van der Waals surface area contributed by atoms with Crippen molar-refractivity contribution in [1.29, 1.82) is 0 Å². The standard InChI is InChI=1S/C12H13N2OP/c15-16(13-11-7-3-1-4-8-11)14-12-9-5-2-6-10-12/h1-10,16H,(H2,13,14,15). The van der Waals surface area contributed by atoms with Crippen LogP contribution in [-0.2, 0) is 4.57 Å². The summed E-state index contributed by atoms with van der Waals surface area (Å²) in [6.45, 7) is 0. The van der Waals surface area contributed by atoms with Gasteiger partial charge in [-0.2, -0.15) is 0 Å². The average Bonchev–Trinajstić information content (AvgIpc) is 2.31. The molecule has 2 N–H and O–H groups in total. The largest absolute Gasteiger partial charge is 0.323 e. The average molecular weight is 232 g/mol. The van der Waals surface area contributed by atoms with Crippen LogP contribution in [-0.4, -0.2) is 0 Å². The Bertz CT molecular complexity index is 415. The highest BCUT2D eigenvalue weighted by Gasteiger charge is 1.98. The Morgan fingerprint density at radius 2 is 1.06 bits per heavy atom. The SMILES string of the molecule is O=[PH](Nc1ccccc1)Nc1ccccc1. The molecule has 2 rings (SSSR count). The number of hydrogen-bond acceptors (Lipinski definition) is 1. The van der Waals surface area contributed by atoms with Crippen molar-refractivity contribution in [2.75, 3.05) is 10.2 Å². The van der Waals surface area contributed by atoms with Gasteiger partial charge >= 0.3 is 0 Å². The maximum atomic E-state index is 11.7. The normalized spacial score (nSPS) is 10.1. The maximum Gasteiger partial charge on any atom is 0.246 e. The fourth-order valence-corrected chi connectivity index (χ4v) is 2.26. The molecule has 0 amide bonds. The summed E-state index contributed by atoms with van der Waals surface area (Å²) in [7, 11) is -2.04. The van der Waals surface area contributed by atoms with Gasteiger partial charge in [0.05, 0.1) is 0 Å². The monoisotopic (exact) mass is 232 g/mol. The van der Waals surface area contributed by atoms with Crippen molar-refractivity contribution >= 4 is 19.5 Å². The smallest absolute Gasteiger partial charge is 0.246 e. The molecule has 0 radical (unpaired) electrons. The molecule has 0 spiro atoms. The molecule has 0 aromatic heterocycles. The predicted molar refractivity (Wildman–Crippen MR) is 69.1 cm³/mol. The summed E-state index contributed by atoms with van der Waals surface area (Å²) in [5.74, 6) is 0. The fourth-order valence-electron chi connectivity index (χ4n) is 1.34. The Morgan fingerprint density at radius 1 is 0.688 bits per heavy atom. The number of nitrogens with one attached hydrogen (secondary N) is 2. The third kappa shape index (κ3) is 3.14. The van der Waals surface area contributed by atoms with Crippen LogP contribution in [0.3, 0.4) is 0 Å². The number of benzene rings is 2. The lowest BCUT2D eigenvalue weighted by Crippen LogP contribution is -1.94. The van der Waals surface area contributed by atoms with E-state index in [2.05, 4.69) is 10.2 Å². The lowest BCUT2D eigenvalue weighted by atomic mass is 10.3. The van der Waals surface area contributed by atoms with Crippen molar-refractivity contribution in [2.45, 2.75) is 0 Å². The van der Waals surface area contributed by atoms with Crippen molar-refractivity contribution in [1.82, 2.24) is 0 Å². The molecule has 0 atom stereocenters. The molecule has 0 saturated carbocycles. The van der Waals surface area contributed by atoms with Gasteiger partial charge < -0.3 is 10.2 Å². The third-order valence-electron chi connectivity index (χ3n) is 2.06. The van der Waals surface area contributed by atoms with Crippen LogP contribution >= 0.6 is 8.10 Å². The Hall–Kier alpha value is -1.73. The van der Waals surface area contributed by atoms with Crippen molar-refractivity contribution in [2.24, 2.45) is 0 Å². The second-order valence-electron chi connectivity index (χ2n) is 3.31. The van der Waals surface area contributed by atoms with Gasteiger partial charge in [-0.3, -0.25) is 4.57 Å². The summed E-state index contributed by atoms with van der Waals surface area (Å²) in [4.78, 5) is 0. The van der Waals surface area contributed by atoms with Crippen LogP contribution in [0.1, 0.15) is 0 Å². The zero-order valence-corrected chi connectivity index (χ0v) is 9.68. The summed E-state index contributed by atoms with van der Waals surface area (Å²) in [5, 5.41) is 5.85. The molecule has 0 unspecified atom stereocenters. The molecule has 0 fully saturated rings. The van der Waals surface area contributed by atoms with Gasteiger partial charge in [-0.05, 0) is 24.3 Å². The lowest BCUT2D eigenvalue weighted by molar-refractivity contribution is 0.593. The van der Waals surface area contributed by atoms with Gasteiger partial charge in [-0.25, -0.2) is 0 Å². The van der Waals surface area contributed by atoms with Crippen LogP contribution in [0.15, 0.2) is 60.7 Å². The molecule has 3 nitrogen and oxygen atoms in total. The molecule has 0 saturated heterocycles. The summed E-state index contributed by atoms with van der Waals surface area (Å²) < 4.78 is 11.7. The van der Waals surface area contributed by atoms with Gasteiger partial charge in [-0.15, -0.1) is 0 Å². The number of rotatable bonds is 4. The molecule has 0 heterocycles. The molecular weight excluding hydrogens is 219 g/mol. The molecular formula is C12H13N2OP. The summed E-state index contributed by atoms with van der Waals surface area (Å²) >= 11 is 0. The van der Waals surface area contributed by atoms with E-state index in [1.54, 1.807) is 0 Å². The summed E-state index contributed by atoms with van der Waals surface area (Å²) in [6.07, 6.45) is 0. The van der Waals surface area contributed by atoms with E-state index in [1.165, 1.54) is 0 Å². The van der Waals surface area contributed by atoms with E-state index in [9.17, 15) is 4.57 Å². The lowest BCUT2D eigenvalue weighted by Gasteiger charge is -2.08. The molecule has 2 aromatic rings. The van der Waals surface area contributed by atoms with Gasteiger partial charge in [-0.1, -0.05) is 36.4 Å². The quantitative estimate of drug-likeness (QED) is 0.791. The minimum Gasteiger partial charge on any atom is -0.323 e. The highest BCUT2D eigenvalue weighted by Crippen LogP contribution is 2.25. The van der Waals surface area contributed by atoms with E-state index in [4.69, 9.17) is 0 Å². The molecule has 82 valence electrons. The van der Waals surface area contributed by atoms with Gasteiger partial charge in [0.2, 0.25) is 8.10 Å². The minimum absolute atomic E-state index is 0.856. The van der Waals surface area contributed by atoms with Gasteiger partial charge in [0.25, 0.3) is 0 Å². The Labute approximate surface area is 95.4 Å². The first-order chi connectivity index (χ1) is 7.84. The highest BCUT2D eigenvalue weighted by molar-refractivity contribution is 7.48. The Kier molecular flexibility index (Phi) is 3.62. The van der Waals surface area contributed by atoms with E-state index in [-0.39, 0.29) is 0 Å². The molecule has 4 heteroatoms. The fraction of sp³-hybridized carbons (Fsp3) is 0. The second kappa shape index (κ2) is 5.38. The van der Waals surface area contributed by atoms with E-state index in [1.807, 2.05) is 60.7 Å². The molecule has 16 heavy (non-hydrogen) atoms. The highest BCUT2D eigenvalue weighted by atomic mass is 31.1. The minimum atomic E-state index is -2.04. The molecule has 0 aliphatic carbocycles. The first-order valence-electron chi connectivity index (χ1n) is 5.03. The van der Waals surface area contributed by atoms with E-state index in [0.717, 1.165) is 11.4 Å². The zero-order chi connectivity index (χ0) is 11.2. The molecule has 2 aromatic carbocycles.